The van der Waals surface area contributed by atoms with Crippen LogP contribution in [0.1, 0.15) is 12.0 Å². The normalized spacial score (nSPS) is 11.6. The first kappa shape index (κ1) is 18.3. The topological polar surface area (TPSA) is 84.2 Å². The Kier molecular flexibility index (Phi) is 5.82. The number of aromatic nitrogens is 2. The number of benzene rings is 2. The summed E-state index contributed by atoms with van der Waals surface area (Å²) < 4.78 is 29.5. The summed E-state index contributed by atoms with van der Waals surface area (Å²) in [5.41, 5.74) is 2.34. The van der Waals surface area contributed by atoms with Crippen LogP contribution < -0.4 is 4.72 Å². The number of nitrogens with zero attached hydrogens (tertiary/aromatic N) is 2. The SMILES string of the molecule is O=S(=O)(NCCCn1cccn1)c1cccc(-c2ccccc2CO)c1. The van der Waals surface area contributed by atoms with Crippen molar-refractivity contribution in [3.63, 3.8) is 0 Å². The lowest BCUT2D eigenvalue weighted by atomic mass is 10.0. The Morgan fingerprint density at radius 1 is 1.08 bits per heavy atom. The van der Waals surface area contributed by atoms with E-state index in [4.69, 9.17) is 0 Å². The molecule has 1 aromatic heterocycles. The largest absolute Gasteiger partial charge is 0.392 e. The molecule has 3 rings (SSSR count). The number of aliphatic hydroxyl groups is 1. The van der Waals surface area contributed by atoms with Crippen LogP contribution in [0.15, 0.2) is 71.9 Å². The van der Waals surface area contributed by atoms with E-state index in [-0.39, 0.29) is 11.5 Å². The predicted octanol–water partition coefficient (Wildman–Crippen LogP) is 2.41. The molecule has 2 aromatic carbocycles. The van der Waals surface area contributed by atoms with Gasteiger partial charge >= 0.3 is 0 Å². The van der Waals surface area contributed by atoms with Crippen LogP contribution in [-0.2, 0) is 23.2 Å². The highest BCUT2D eigenvalue weighted by Crippen LogP contribution is 2.26. The lowest BCUT2D eigenvalue weighted by molar-refractivity contribution is 0.282. The van der Waals surface area contributed by atoms with Crippen LogP contribution in [0.4, 0.5) is 0 Å². The van der Waals surface area contributed by atoms with Gasteiger partial charge in [0.2, 0.25) is 10.0 Å². The second kappa shape index (κ2) is 8.27. The number of aliphatic hydroxyl groups excluding tert-OH is 1. The molecule has 7 heteroatoms. The molecule has 1 heterocycles. The van der Waals surface area contributed by atoms with Crippen LogP contribution >= 0.6 is 0 Å². The van der Waals surface area contributed by atoms with Crippen LogP contribution in [0.5, 0.6) is 0 Å². The van der Waals surface area contributed by atoms with Crippen molar-refractivity contribution in [1.29, 1.82) is 0 Å². The zero-order valence-electron chi connectivity index (χ0n) is 14.2. The van der Waals surface area contributed by atoms with Gasteiger partial charge in [-0.2, -0.15) is 5.10 Å². The minimum absolute atomic E-state index is 0.0984. The lowest BCUT2D eigenvalue weighted by Gasteiger charge is -2.11. The average molecular weight is 371 g/mol. The van der Waals surface area contributed by atoms with E-state index in [1.807, 2.05) is 42.6 Å². The highest BCUT2D eigenvalue weighted by molar-refractivity contribution is 7.89. The van der Waals surface area contributed by atoms with Gasteiger partial charge in [0.25, 0.3) is 0 Å². The first-order valence-corrected chi connectivity index (χ1v) is 9.85. The molecule has 26 heavy (non-hydrogen) atoms. The van der Waals surface area contributed by atoms with E-state index in [0.717, 1.165) is 16.7 Å². The van der Waals surface area contributed by atoms with E-state index >= 15 is 0 Å². The third-order valence-corrected chi connectivity index (χ3v) is 5.52. The van der Waals surface area contributed by atoms with Crippen LogP contribution in [0.25, 0.3) is 11.1 Å². The average Bonchev–Trinajstić information content (AvgIpc) is 3.19. The van der Waals surface area contributed by atoms with Gasteiger partial charge in [-0.3, -0.25) is 4.68 Å². The molecule has 0 fully saturated rings. The van der Waals surface area contributed by atoms with Crippen molar-refractivity contribution in [1.82, 2.24) is 14.5 Å². The summed E-state index contributed by atoms with van der Waals surface area (Å²) in [6.45, 7) is 0.887. The van der Waals surface area contributed by atoms with E-state index in [2.05, 4.69) is 9.82 Å². The number of hydrogen-bond acceptors (Lipinski definition) is 4. The van der Waals surface area contributed by atoms with Gasteiger partial charge in [-0.25, -0.2) is 13.1 Å². The standard InChI is InChI=1S/C19H21N3O3S/c23-15-17-6-1-2-9-19(17)16-7-3-8-18(14-16)26(24,25)21-11-5-13-22-12-4-10-20-22/h1-4,6-10,12,14,21,23H,5,11,13,15H2. The second-order valence-corrected chi connectivity index (χ2v) is 7.63. The summed E-state index contributed by atoms with van der Waals surface area (Å²) in [4.78, 5) is 0.210. The van der Waals surface area contributed by atoms with Gasteiger partial charge in [0.05, 0.1) is 11.5 Å². The first-order valence-electron chi connectivity index (χ1n) is 8.36. The molecule has 0 amide bonds. The Morgan fingerprint density at radius 2 is 1.92 bits per heavy atom. The van der Waals surface area contributed by atoms with Gasteiger partial charge < -0.3 is 5.11 Å². The smallest absolute Gasteiger partial charge is 0.240 e. The Balaban J connectivity index is 1.72. The van der Waals surface area contributed by atoms with Crippen molar-refractivity contribution >= 4 is 10.0 Å². The van der Waals surface area contributed by atoms with Gasteiger partial charge in [0.15, 0.2) is 0 Å². The molecular formula is C19H21N3O3S. The Bertz CT molecular complexity index is 954. The summed E-state index contributed by atoms with van der Waals surface area (Å²) in [6, 6.07) is 16.0. The van der Waals surface area contributed by atoms with Gasteiger partial charge in [0, 0.05) is 25.5 Å². The Labute approximate surface area is 153 Å². The summed E-state index contributed by atoms with van der Waals surface area (Å²) in [6.07, 6.45) is 4.18. The van der Waals surface area contributed by atoms with Crippen LogP contribution in [0, 0.1) is 0 Å². The fraction of sp³-hybridized carbons (Fsp3) is 0.211. The zero-order valence-corrected chi connectivity index (χ0v) is 15.1. The number of hydrogen-bond donors (Lipinski definition) is 2. The molecule has 0 saturated heterocycles. The monoisotopic (exact) mass is 371 g/mol. The fourth-order valence-electron chi connectivity index (χ4n) is 2.73. The quantitative estimate of drug-likeness (QED) is 0.596. The van der Waals surface area contributed by atoms with Crippen LogP contribution in [-0.4, -0.2) is 29.8 Å². The third-order valence-electron chi connectivity index (χ3n) is 4.06. The van der Waals surface area contributed by atoms with Crippen molar-refractivity contribution in [2.45, 2.75) is 24.5 Å². The van der Waals surface area contributed by atoms with Gasteiger partial charge in [-0.05, 0) is 41.3 Å². The van der Waals surface area contributed by atoms with E-state index in [1.54, 1.807) is 29.1 Å². The van der Waals surface area contributed by atoms with Crippen molar-refractivity contribution in [2.24, 2.45) is 0 Å². The first-order chi connectivity index (χ1) is 12.6. The van der Waals surface area contributed by atoms with E-state index in [0.29, 0.717) is 19.5 Å². The molecule has 136 valence electrons. The Morgan fingerprint density at radius 3 is 2.69 bits per heavy atom. The highest BCUT2D eigenvalue weighted by Gasteiger charge is 2.15. The lowest BCUT2D eigenvalue weighted by Crippen LogP contribution is -2.25. The van der Waals surface area contributed by atoms with Crippen molar-refractivity contribution in [3.8, 4) is 11.1 Å². The fourth-order valence-corrected chi connectivity index (χ4v) is 3.85. The minimum Gasteiger partial charge on any atom is -0.392 e. The number of sulfonamides is 1. The highest BCUT2D eigenvalue weighted by atomic mass is 32.2. The van der Waals surface area contributed by atoms with Crippen molar-refractivity contribution < 1.29 is 13.5 Å². The molecule has 0 bridgehead atoms. The summed E-state index contributed by atoms with van der Waals surface area (Å²) in [7, 11) is -3.59. The maximum absolute atomic E-state index is 12.5. The molecular weight excluding hydrogens is 350 g/mol. The maximum atomic E-state index is 12.5. The van der Waals surface area contributed by atoms with Gasteiger partial charge in [-0.1, -0.05) is 36.4 Å². The summed E-state index contributed by atoms with van der Waals surface area (Å²) >= 11 is 0. The molecule has 3 aromatic rings. The number of rotatable bonds is 8. The van der Waals surface area contributed by atoms with E-state index in [1.165, 1.54) is 0 Å². The Hall–Kier alpha value is -2.48. The minimum atomic E-state index is -3.59. The maximum Gasteiger partial charge on any atom is 0.240 e. The van der Waals surface area contributed by atoms with E-state index < -0.39 is 10.0 Å². The molecule has 0 spiro atoms. The van der Waals surface area contributed by atoms with Crippen molar-refractivity contribution in [3.05, 3.63) is 72.6 Å². The molecule has 0 unspecified atom stereocenters. The number of nitrogens with one attached hydrogen (secondary N) is 1. The summed E-state index contributed by atoms with van der Waals surface area (Å²) in [5.74, 6) is 0. The molecule has 0 saturated carbocycles. The second-order valence-electron chi connectivity index (χ2n) is 5.86. The van der Waals surface area contributed by atoms with Crippen LogP contribution in [0.2, 0.25) is 0 Å². The molecule has 0 aliphatic heterocycles. The summed E-state index contributed by atoms with van der Waals surface area (Å²) in [5, 5.41) is 13.6. The molecule has 0 radical (unpaired) electrons. The third kappa shape index (κ3) is 4.37. The zero-order chi connectivity index (χ0) is 18.4. The van der Waals surface area contributed by atoms with E-state index in [9.17, 15) is 13.5 Å². The molecule has 0 aliphatic rings. The van der Waals surface area contributed by atoms with Crippen LogP contribution in [0.3, 0.4) is 0 Å². The predicted molar refractivity (Wildman–Crippen MR) is 99.8 cm³/mol. The van der Waals surface area contributed by atoms with Gasteiger partial charge in [-0.15, -0.1) is 0 Å². The van der Waals surface area contributed by atoms with Crippen molar-refractivity contribution in [2.75, 3.05) is 6.54 Å². The molecule has 6 nitrogen and oxygen atoms in total. The van der Waals surface area contributed by atoms with Gasteiger partial charge in [0.1, 0.15) is 0 Å². The number of aryl methyl sites for hydroxylation is 1. The molecule has 0 atom stereocenters. The molecule has 0 aliphatic carbocycles. The molecule has 2 N–H and O–H groups in total.